The number of Topliss-reactive ketones (excluding diaryl/α,β-unsaturated/α-hetero) is 1. The van der Waals surface area contributed by atoms with E-state index < -0.39 is 5.97 Å². The summed E-state index contributed by atoms with van der Waals surface area (Å²) in [6, 6.07) is 0. The van der Waals surface area contributed by atoms with Crippen molar-refractivity contribution in [2.75, 3.05) is 0 Å². The van der Waals surface area contributed by atoms with Crippen molar-refractivity contribution >= 4 is 11.8 Å². The lowest BCUT2D eigenvalue weighted by atomic mass is 10.0. The predicted octanol–water partition coefficient (Wildman–Crippen LogP) is 9.19. The maximum atomic E-state index is 11.9. The largest absolute Gasteiger partial charge is 0.481 e. The van der Waals surface area contributed by atoms with Crippen LogP contribution in [0.4, 0.5) is 0 Å². The Bertz CT molecular complexity index is 428. The number of hydrogen-bond acceptors (Lipinski definition) is 2. The maximum absolute atomic E-state index is 11.9. The number of ketones is 1. The number of hydrogen-bond donors (Lipinski definition) is 1. The molecule has 0 rings (SSSR count). The zero-order valence-corrected chi connectivity index (χ0v) is 20.7. The number of allylic oxidation sites excluding steroid dienone is 2. The van der Waals surface area contributed by atoms with Crippen molar-refractivity contribution in [2.24, 2.45) is 0 Å². The molecule has 0 radical (unpaired) electrons. The molecule has 0 aliphatic rings. The maximum Gasteiger partial charge on any atom is 0.303 e. The van der Waals surface area contributed by atoms with Crippen molar-refractivity contribution in [1.82, 2.24) is 0 Å². The summed E-state index contributed by atoms with van der Waals surface area (Å²) in [5.41, 5.74) is 0. The molecule has 0 atom stereocenters. The Morgan fingerprint density at radius 1 is 0.516 bits per heavy atom. The van der Waals surface area contributed by atoms with Gasteiger partial charge in [0.2, 0.25) is 0 Å². The van der Waals surface area contributed by atoms with Crippen molar-refractivity contribution < 1.29 is 14.7 Å². The van der Waals surface area contributed by atoms with Gasteiger partial charge in [-0.2, -0.15) is 0 Å². The summed E-state index contributed by atoms with van der Waals surface area (Å²) in [5.74, 6) is -0.222. The number of rotatable bonds is 25. The minimum absolute atomic E-state index is 0.329. The van der Waals surface area contributed by atoms with Gasteiger partial charge in [-0.1, -0.05) is 115 Å². The van der Waals surface area contributed by atoms with Crippen LogP contribution in [0.2, 0.25) is 0 Å². The molecular weight excluding hydrogens is 384 g/mol. The molecule has 0 aliphatic carbocycles. The number of aliphatic carboxylic acids is 1. The minimum Gasteiger partial charge on any atom is -0.481 e. The van der Waals surface area contributed by atoms with Gasteiger partial charge in [0, 0.05) is 19.3 Å². The van der Waals surface area contributed by atoms with Gasteiger partial charge in [-0.05, 0) is 32.1 Å². The molecule has 0 spiro atoms. The van der Waals surface area contributed by atoms with Crippen LogP contribution in [-0.4, -0.2) is 16.9 Å². The molecule has 0 bridgehead atoms. The van der Waals surface area contributed by atoms with Gasteiger partial charge in [0.25, 0.3) is 0 Å². The van der Waals surface area contributed by atoms with Crippen molar-refractivity contribution in [3.63, 3.8) is 0 Å². The average Bonchev–Trinajstić information content (AvgIpc) is 2.75. The van der Waals surface area contributed by atoms with E-state index in [9.17, 15) is 9.59 Å². The molecule has 0 fully saturated rings. The van der Waals surface area contributed by atoms with Crippen LogP contribution < -0.4 is 0 Å². The third-order valence-electron chi connectivity index (χ3n) is 6.08. The third kappa shape index (κ3) is 26.8. The summed E-state index contributed by atoms with van der Waals surface area (Å²) in [5, 5.41) is 8.59. The summed E-state index contributed by atoms with van der Waals surface area (Å²) in [6.45, 7) is 2.23. The second-order valence-electron chi connectivity index (χ2n) is 9.24. The van der Waals surface area contributed by atoms with Crippen LogP contribution in [-0.2, 0) is 9.59 Å². The van der Waals surface area contributed by atoms with Crippen molar-refractivity contribution in [2.45, 2.75) is 155 Å². The van der Waals surface area contributed by atoms with E-state index in [1.165, 1.54) is 103 Å². The number of carboxylic acid groups (broad SMARTS) is 1. The van der Waals surface area contributed by atoms with Gasteiger partial charge in [-0.25, -0.2) is 0 Å². The van der Waals surface area contributed by atoms with Gasteiger partial charge in [-0.3, -0.25) is 9.59 Å². The van der Waals surface area contributed by atoms with Crippen molar-refractivity contribution in [3.05, 3.63) is 12.2 Å². The zero-order chi connectivity index (χ0) is 22.8. The van der Waals surface area contributed by atoms with Crippen LogP contribution in [0.1, 0.15) is 155 Å². The molecule has 0 aromatic carbocycles. The molecule has 31 heavy (non-hydrogen) atoms. The molecular formula is C28H52O3. The van der Waals surface area contributed by atoms with Gasteiger partial charge in [0.05, 0.1) is 0 Å². The van der Waals surface area contributed by atoms with Gasteiger partial charge >= 0.3 is 5.97 Å². The van der Waals surface area contributed by atoms with Gasteiger partial charge in [-0.15, -0.1) is 0 Å². The van der Waals surface area contributed by atoms with Crippen LogP contribution in [0.25, 0.3) is 0 Å². The smallest absolute Gasteiger partial charge is 0.303 e. The fraction of sp³-hybridized carbons (Fsp3) is 0.857. The highest BCUT2D eigenvalue weighted by Gasteiger charge is 2.01. The van der Waals surface area contributed by atoms with Gasteiger partial charge < -0.3 is 5.11 Å². The number of unbranched alkanes of at least 4 members (excludes halogenated alkanes) is 17. The zero-order valence-electron chi connectivity index (χ0n) is 20.7. The molecule has 0 saturated heterocycles. The Morgan fingerprint density at radius 2 is 0.935 bits per heavy atom. The number of carbonyl (C=O) groups excluding carboxylic acids is 1. The second-order valence-corrected chi connectivity index (χ2v) is 9.24. The third-order valence-corrected chi connectivity index (χ3v) is 6.08. The Morgan fingerprint density at radius 3 is 1.39 bits per heavy atom. The highest BCUT2D eigenvalue weighted by atomic mass is 16.4. The topological polar surface area (TPSA) is 54.4 Å². The van der Waals surface area contributed by atoms with E-state index in [0.29, 0.717) is 12.2 Å². The summed E-state index contributed by atoms with van der Waals surface area (Å²) < 4.78 is 0. The molecule has 0 amide bonds. The van der Waals surface area contributed by atoms with Crippen LogP contribution in [0.5, 0.6) is 0 Å². The summed E-state index contributed by atoms with van der Waals surface area (Å²) in [7, 11) is 0. The fourth-order valence-corrected chi connectivity index (χ4v) is 4.01. The molecule has 1 N–H and O–H groups in total. The first-order valence-electron chi connectivity index (χ1n) is 13.5. The Kier molecular flexibility index (Phi) is 24.2. The Labute approximate surface area is 193 Å². The van der Waals surface area contributed by atoms with Crippen LogP contribution in [0.3, 0.4) is 0 Å². The van der Waals surface area contributed by atoms with E-state index in [-0.39, 0.29) is 0 Å². The van der Waals surface area contributed by atoms with E-state index in [1.54, 1.807) is 0 Å². The summed E-state index contributed by atoms with van der Waals surface area (Å²) in [6.07, 6.45) is 30.9. The second kappa shape index (κ2) is 25.1. The first kappa shape index (κ1) is 29.9. The molecule has 3 nitrogen and oxygen atoms in total. The van der Waals surface area contributed by atoms with E-state index in [2.05, 4.69) is 19.1 Å². The fourth-order valence-electron chi connectivity index (χ4n) is 4.01. The highest BCUT2D eigenvalue weighted by Crippen LogP contribution is 2.14. The molecule has 0 aliphatic heterocycles. The van der Waals surface area contributed by atoms with Gasteiger partial charge in [0.1, 0.15) is 5.78 Å². The minimum atomic E-state index is -0.665. The summed E-state index contributed by atoms with van der Waals surface area (Å²) >= 11 is 0. The molecule has 0 saturated carbocycles. The Hall–Kier alpha value is -1.12. The highest BCUT2D eigenvalue weighted by molar-refractivity contribution is 5.78. The predicted molar refractivity (Wildman–Crippen MR) is 134 cm³/mol. The lowest BCUT2D eigenvalue weighted by molar-refractivity contribution is -0.137. The first-order chi connectivity index (χ1) is 15.2. The van der Waals surface area contributed by atoms with Crippen LogP contribution in [0, 0.1) is 0 Å². The van der Waals surface area contributed by atoms with E-state index in [1.807, 2.05) is 0 Å². The lowest BCUT2D eigenvalue weighted by Crippen LogP contribution is -1.96. The SMILES string of the molecule is CCCCC/C=C/CCC(=O)CCCCCCCCCCCCCCCCCC(=O)O. The molecule has 0 unspecified atom stereocenters. The van der Waals surface area contributed by atoms with E-state index in [4.69, 9.17) is 5.11 Å². The normalized spacial score (nSPS) is 11.4. The molecule has 3 heteroatoms. The molecule has 0 aromatic heterocycles. The quantitative estimate of drug-likeness (QED) is 0.115. The number of carbonyl (C=O) groups is 2. The van der Waals surface area contributed by atoms with Crippen molar-refractivity contribution in [3.8, 4) is 0 Å². The monoisotopic (exact) mass is 436 g/mol. The lowest BCUT2D eigenvalue weighted by Gasteiger charge is -2.03. The van der Waals surface area contributed by atoms with Crippen molar-refractivity contribution in [1.29, 1.82) is 0 Å². The van der Waals surface area contributed by atoms with Gasteiger partial charge in [0.15, 0.2) is 0 Å². The standard InChI is InChI=1S/C28H52O3/c1-2-3-4-5-15-18-21-24-27(29)25-22-19-16-13-11-9-7-6-8-10-12-14-17-20-23-26-28(30)31/h15,18H,2-14,16-17,19-26H2,1H3,(H,30,31)/b18-15+. The number of carboxylic acids is 1. The molecule has 0 aromatic rings. The Balaban J connectivity index is 3.17. The summed E-state index contributed by atoms with van der Waals surface area (Å²) in [4.78, 5) is 22.3. The molecule has 182 valence electrons. The average molecular weight is 437 g/mol. The van der Waals surface area contributed by atoms with E-state index in [0.717, 1.165) is 38.5 Å². The van der Waals surface area contributed by atoms with Crippen LogP contribution >= 0.6 is 0 Å². The van der Waals surface area contributed by atoms with Crippen LogP contribution in [0.15, 0.2) is 12.2 Å². The van der Waals surface area contributed by atoms with E-state index >= 15 is 0 Å². The molecule has 0 heterocycles. The first-order valence-corrected chi connectivity index (χ1v) is 13.5.